The fourth-order valence-electron chi connectivity index (χ4n) is 2.83. The summed E-state index contributed by atoms with van der Waals surface area (Å²) in [5.74, 6) is 0.913. The smallest absolute Gasteiger partial charge is 0.119 e. The van der Waals surface area contributed by atoms with E-state index in [9.17, 15) is 0 Å². The van der Waals surface area contributed by atoms with Crippen molar-refractivity contribution in [1.29, 1.82) is 5.26 Å². The van der Waals surface area contributed by atoms with Crippen molar-refractivity contribution in [2.24, 2.45) is 5.41 Å². The highest BCUT2D eigenvalue weighted by atomic mass is 79.9. The molecule has 20 heavy (non-hydrogen) atoms. The fraction of sp³-hybridized carbons (Fsp3) is 0.588. The van der Waals surface area contributed by atoms with Gasteiger partial charge < -0.3 is 4.74 Å². The van der Waals surface area contributed by atoms with E-state index in [0.717, 1.165) is 23.2 Å². The van der Waals surface area contributed by atoms with Gasteiger partial charge in [-0.2, -0.15) is 5.26 Å². The Labute approximate surface area is 130 Å². The lowest BCUT2D eigenvalue weighted by Gasteiger charge is -2.30. The third-order valence-electron chi connectivity index (χ3n) is 4.20. The van der Waals surface area contributed by atoms with Crippen LogP contribution in [0, 0.1) is 16.7 Å². The zero-order chi connectivity index (χ0) is 14.3. The summed E-state index contributed by atoms with van der Waals surface area (Å²) >= 11 is 3.69. The zero-order valence-corrected chi connectivity index (χ0v) is 13.5. The van der Waals surface area contributed by atoms with Crippen LogP contribution in [0.4, 0.5) is 0 Å². The average molecular weight is 336 g/mol. The Hall–Kier alpha value is -1.01. The van der Waals surface area contributed by atoms with Crippen LogP contribution in [0.25, 0.3) is 0 Å². The molecule has 2 rings (SSSR count). The van der Waals surface area contributed by atoms with E-state index in [2.05, 4.69) is 22.0 Å². The molecule has 0 N–H and O–H groups in total. The molecule has 0 radical (unpaired) electrons. The van der Waals surface area contributed by atoms with Crippen LogP contribution in [-0.4, -0.2) is 11.9 Å². The number of nitriles is 1. The average Bonchev–Trinajstić information content (AvgIpc) is 2.73. The summed E-state index contributed by atoms with van der Waals surface area (Å²) in [6.07, 6.45) is 8.32. The molecule has 0 saturated heterocycles. The molecule has 108 valence electrons. The molecule has 0 heterocycles. The van der Waals surface area contributed by atoms with Crippen molar-refractivity contribution in [2.75, 3.05) is 11.9 Å². The summed E-state index contributed by atoms with van der Waals surface area (Å²) < 4.78 is 6.02. The van der Waals surface area contributed by atoms with Crippen molar-refractivity contribution in [3.63, 3.8) is 0 Å². The number of nitrogens with zero attached hydrogens (tertiary/aromatic N) is 1. The lowest BCUT2D eigenvalue weighted by Crippen LogP contribution is -2.29. The molecular weight excluding hydrogens is 314 g/mol. The van der Waals surface area contributed by atoms with Gasteiger partial charge in [0.25, 0.3) is 0 Å². The van der Waals surface area contributed by atoms with Gasteiger partial charge in [0.15, 0.2) is 0 Å². The highest BCUT2D eigenvalue weighted by molar-refractivity contribution is 9.09. The van der Waals surface area contributed by atoms with Crippen LogP contribution in [0.2, 0.25) is 0 Å². The minimum atomic E-state index is 0.293. The largest absolute Gasteiger partial charge is 0.493 e. The molecule has 0 amide bonds. The van der Waals surface area contributed by atoms with Gasteiger partial charge in [-0.15, -0.1) is 0 Å². The summed E-state index contributed by atoms with van der Waals surface area (Å²) in [4.78, 5) is 0. The molecule has 0 aromatic heterocycles. The van der Waals surface area contributed by atoms with Gasteiger partial charge in [-0.1, -0.05) is 53.7 Å². The highest BCUT2D eigenvalue weighted by Gasteiger charge is 2.30. The summed E-state index contributed by atoms with van der Waals surface area (Å²) in [6.45, 7) is 0.788. The van der Waals surface area contributed by atoms with Crippen LogP contribution in [0.3, 0.4) is 0 Å². The van der Waals surface area contributed by atoms with Crippen molar-refractivity contribution < 1.29 is 4.74 Å². The van der Waals surface area contributed by atoms with Gasteiger partial charge in [0.05, 0.1) is 19.1 Å². The number of ether oxygens (including phenoxy) is 1. The monoisotopic (exact) mass is 335 g/mol. The van der Waals surface area contributed by atoms with E-state index in [4.69, 9.17) is 10.00 Å². The van der Waals surface area contributed by atoms with Crippen molar-refractivity contribution in [3.8, 4) is 11.8 Å². The Bertz CT molecular complexity index is 441. The van der Waals surface area contributed by atoms with Crippen LogP contribution in [-0.2, 0) is 6.42 Å². The molecule has 1 fully saturated rings. The second-order valence-electron chi connectivity index (χ2n) is 5.82. The van der Waals surface area contributed by atoms with Crippen molar-refractivity contribution in [1.82, 2.24) is 0 Å². The predicted octanol–water partition coefficient (Wildman–Crippen LogP) is 4.87. The van der Waals surface area contributed by atoms with Crippen LogP contribution < -0.4 is 4.74 Å². The minimum Gasteiger partial charge on any atom is -0.493 e. The van der Waals surface area contributed by atoms with Gasteiger partial charge in [0, 0.05) is 10.7 Å². The van der Waals surface area contributed by atoms with E-state index in [1.54, 1.807) is 0 Å². The molecule has 1 saturated carbocycles. The number of halogens is 1. The number of hydrogen-bond acceptors (Lipinski definition) is 2. The van der Waals surface area contributed by atoms with Crippen molar-refractivity contribution in [3.05, 3.63) is 29.8 Å². The van der Waals surface area contributed by atoms with Crippen LogP contribution in [0.15, 0.2) is 24.3 Å². The maximum absolute atomic E-state index is 8.67. The number of alkyl halides is 1. The van der Waals surface area contributed by atoms with Crippen LogP contribution >= 0.6 is 15.9 Å². The quantitative estimate of drug-likeness (QED) is 0.568. The number of hydrogen-bond donors (Lipinski definition) is 0. The fourth-order valence-corrected chi connectivity index (χ4v) is 3.55. The predicted molar refractivity (Wildman–Crippen MR) is 85.2 cm³/mol. The Morgan fingerprint density at radius 2 is 1.75 bits per heavy atom. The molecular formula is C17H22BrNO. The minimum absolute atomic E-state index is 0.293. The van der Waals surface area contributed by atoms with Gasteiger partial charge in [0.2, 0.25) is 0 Å². The summed E-state index contributed by atoms with van der Waals surface area (Å²) in [6, 6.07) is 10.1. The molecule has 0 aliphatic heterocycles. The third-order valence-corrected chi connectivity index (χ3v) is 5.39. The summed E-state index contributed by atoms with van der Waals surface area (Å²) in [5.41, 5.74) is 1.34. The molecule has 0 bridgehead atoms. The first kappa shape index (κ1) is 15.4. The Balaban J connectivity index is 1.93. The van der Waals surface area contributed by atoms with E-state index in [-0.39, 0.29) is 0 Å². The van der Waals surface area contributed by atoms with Gasteiger partial charge in [-0.05, 0) is 30.5 Å². The maximum atomic E-state index is 8.67. The lowest BCUT2D eigenvalue weighted by molar-refractivity contribution is 0.149. The zero-order valence-electron chi connectivity index (χ0n) is 11.9. The van der Waals surface area contributed by atoms with Crippen LogP contribution in [0.5, 0.6) is 5.75 Å². The summed E-state index contributed by atoms with van der Waals surface area (Å²) in [7, 11) is 0. The molecule has 0 unspecified atom stereocenters. The summed E-state index contributed by atoms with van der Waals surface area (Å²) in [5, 5.41) is 9.69. The molecule has 1 aromatic rings. The Kier molecular flexibility index (Phi) is 5.91. The second-order valence-corrected chi connectivity index (χ2v) is 6.38. The van der Waals surface area contributed by atoms with Gasteiger partial charge in [0.1, 0.15) is 5.75 Å². The molecule has 3 heteroatoms. The first-order valence-electron chi connectivity index (χ1n) is 7.43. The number of benzene rings is 1. The molecule has 1 aliphatic rings. The van der Waals surface area contributed by atoms with E-state index in [0.29, 0.717) is 11.8 Å². The Morgan fingerprint density at radius 3 is 2.30 bits per heavy atom. The molecule has 1 aliphatic carbocycles. The van der Waals surface area contributed by atoms with E-state index in [1.807, 2.05) is 24.3 Å². The first-order chi connectivity index (χ1) is 9.78. The maximum Gasteiger partial charge on any atom is 0.119 e. The van der Waals surface area contributed by atoms with E-state index < -0.39 is 0 Å². The molecule has 0 atom stereocenters. The normalized spacial score (nSPS) is 18.0. The third kappa shape index (κ3) is 4.24. The Morgan fingerprint density at radius 1 is 1.10 bits per heavy atom. The van der Waals surface area contributed by atoms with Crippen molar-refractivity contribution in [2.45, 2.75) is 44.9 Å². The topological polar surface area (TPSA) is 33.0 Å². The lowest BCUT2D eigenvalue weighted by atomic mass is 9.83. The van der Waals surface area contributed by atoms with E-state index in [1.165, 1.54) is 38.5 Å². The second kappa shape index (κ2) is 7.69. The molecule has 0 spiro atoms. The van der Waals surface area contributed by atoms with Gasteiger partial charge in [-0.3, -0.25) is 0 Å². The van der Waals surface area contributed by atoms with Gasteiger partial charge >= 0.3 is 0 Å². The van der Waals surface area contributed by atoms with E-state index >= 15 is 0 Å². The number of rotatable bonds is 5. The first-order valence-corrected chi connectivity index (χ1v) is 8.55. The van der Waals surface area contributed by atoms with Crippen molar-refractivity contribution >= 4 is 15.9 Å². The molecule has 1 aromatic carbocycles. The van der Waals surface area contributed by atoms with Crippen LogP contribution in [0.1, 0.15) is 44.1 Å². The SMILES string of the molecule is N#CCc1ccc(OCC2(CBr)CCCCCC2)cc1. The molecule has 2 nitrogen and oxygen atoms in total. The standard InChI is InChI=1S/C17H22BrNO/c18-13-17(10-3-1-2-4-11-17)14-20-16-7-5-15(6-8-16)9-12-19/h5-8H,1-4,9-11,13-14H2. The van der Waals surface area contributed by atoms with Gasteiger partial charge in [-0.25, -0.2) is 0 Å². The highest BCUT2D eigenvalue weighted by Crippen LogP contribution is 2.37.